The second-order valence-electron chi connectivity index (χ2n) is 12.6. The van der Waals surface area contributed by atoms with Crippen LogP contribution in [0, 0.1) is 5.41 Å². The number of para-hydroxylation sites is 2. The van der Waals surface area contributed by atoms with E-state index in [9.17, 15) is 5.41 Å². The Labute approximate surface area is 278 Å². The molecule has 3 aromatic heterocycles. The van der Waals surface area contributed by atoms with Crippen molar-refractivity contribution in [2.24, 2.45) is 0 Å². The van der Waals surface area contributed by atoms with E-state index in [1.807, 2.05) is 59.9 Å². The van der Waals surface area contributed by atoms with Crippen LogP contribution in [0.15, 0.2) is 146 Å². The average molecular weight is 631 g/mol. The van der Waals surface area contributed by atoms with Crippen LogP contribution >= 0.6 is 11.3 Å². The monoisotopic (exact) mass is 630 g/mol. The normalized spacial score (nSPS) is 12.2. The highest BCUT2D eigenvalue weighted by Gasteiger charge is 2.26. The van der Waals surface area contributed by atoms with Crippen LogP contribution in [0.1, 0.15) is 11.1 Å². The first-order valence-electron chi connectivity index (χ1n) is 16.2. The molecule has 0 atom stereocenters. The Hall–Kier alpha value is -6.17. The Morgan fingerprint density at radius 3 is 1.92 bits per heavy atom. The highest BCUT2D eigenvalue weighted by molar-refractivity contribution is 7.26. The van der Waals surface area contributed by atoms with Gasteiger partial charge in [-0.15, -0.1) is 11.3 Å². The number of fused-ring (bicyclic) bond motifs is 1. The van der Waals surface area contributed by atoms with Crippen molar-refractivity contribution in [2.45, 2.75) is 0 Å². The van der Waals surface area contributed by atoms with Gasteiger partial charge in [-0.2, -0.15) is 0 Å². The molecule has 0 spiro atoms. The lowest BCUT2D eigenvalue weighted by Crippen LogP contribution is -2.13. The highest BCUT2D eigenvalue weighted by atomic mass is 32.1. The molecule has 0 bridgehead atoms. The maximum Gasteiger partial charge on any atom is 0.0718 e. The molecule has 4 nitrogen and oxygen atoms in total. The number of thiophene rings is 1. The van der Waals surface area contributed by atoms with Crippen molar-refractivity contribution >= 4 is 97.3 Å². The van der Waals surface area contributed by atoms with Crippen molar-refractivity contribution in [3.63, 3.8) is 0 Å². The number of rotatable bonds is 5. The van der Waals surface area contributed by atoms with Gasteiger partial charge in [0.15, 0.2) is 0 Å². The number of benzene rings is 7. The van der Waals surface area contributed by atoms with Crippen molar-refractivity contribution in [1.82, 2.24) is 9.24 Å². The summed E-state index contributed by atoms with van der Waals surface area (Å²) >= 11 is 1.88. The number of hydrogen-bond donors (Lipinski definition) is 2. The number of nitrogens with zero attached hydrogens (tertiary/aromatic N) is 2. The summed E-state index contributed by atoms with van der Waals surface area (Å²) in [6.07, 6.45) is 0. The van der Waals surface area contributed by atoms with Gasteiger partial charge in [0.1, 0.15) is 0 Å². The van der Waals surface area contributed by atoms with E-state index in [4.69, 9.17) is 0 Å². The summed E-state index contributed by atoms with van der Waals surface area (Å²) < 4.78 is 7.29. The van der Waals surface area contributed by atoms with Gasteiger partial charge in [-0.25, -0.2) is 0 Å². The summed E-state index contributed by atoms with van der Waals surface area (Å²) in [6.45, 7) is 0. The van der Waals surface area contributed by atoms with Gasteiger partial charge in [0.25, 0.3) is 0 Å². The summed E-state index contributed by atoms with van der Waals surface area (Å²) in [5.41, 5.74) is 12.8. The Bertz CT molecular complexity index is 3040. The minimum Gasteiger partial charge on any atom is -0.309 e. The Kier molecular flexibility index (Phi) is 5.11. The molecule has 0 saturated heterocycles. The summed E-state index contributed by atoms with van der Waals surface area (Å²) in [6, 6.07) is 51.6. The molecule has 0 unspecified atom stereocenters. The van der Waals surface area contributed by atoms with Gasteiger partial charge < -0.3 is 4.57 Å². The Morgan fingerprint density at radius 1 is 0.479 bits per heavy atom. The van der Waals surface area contributed by atoms with Crippen molar-refractivity contribution in [3.8, 4) is 5.69 Å². The van der Waals surface area contributed by atoms with Crippen LogP contribution in [0.5, 0.6) is 0 Å². The first-order valence-corrected chi connectivity index (χ1v) is 17.0. The Morgan fingerprint density at radius 2 is 1.08 bits per heavy atom. The van der Waals surface area contributed by atoms with E-state index in [-0.39, 0.29) is 0 Å². The van der Waals surface area contributed by atoms with E-state index >= 15 is 0 Å². The lowest BCUT2D eigenvalue weighted by molar-refractivity contribution is 1.06. The van der Waals surface area contributed by atoms with Crippen molar-refractivity contribution in [1.29, 1.82) is 5.41 Å². The van der Waals surface area contributed by atoms with Gasteiger partial charge in [0.05, 0.1) is 33.5 Å². The quantitative estimate of drug-likeness (QED) is 0.183. The molecule has 0 aliphatic rings. The number of hydrogen-bond acceptors (Lipinski definition) is 3. The van der Waals surface area contributed by atoms with Gasteiger partial charge in [0.2, 0.25) is 0 Å². The fourth-order valence-corrected chi connectivity index (χ4v) is 9.29. The van der Waals surface area contributed by atoms with Gasteiger partial charge in [0, 0.05) is 58.5 Å². The fourth-order valence-electron chi connectivity index (χ4n) is 8.15. The minimum absolute atomic E-state index is 0.492. The number of aromatic nitrogens is 2. The third-order valence-electron chi connectivity index (χ3n) is 10.1. The maximum atomic E-state index is 9.18. The smallest absolute Gasteiger partial charge is 0.0718 e. The van der Waals surface area contributed by atoms with Crippen LogP contribution in [0.4, 0.5) is 5.69 Å². The molecule has 0 fully saturated rings. The van der Waals surface area contributed by atoms with Crippen LogP contribution in [-0.2, 0) is 0 Å². The zero-order valence-corrected chi connectivity index (χ0v) is 26.5. The Balaban J connectivity index is 1.32. The largest absolute Gasteiger partial charge is 0.309 e. The third-order valence-corrected chi connectivity index (χ3v) is 11.2. The van der Waals surface area contributed by atoms with Gasteiger partial charge >= 0.3 is 0 Å². The van der Waals surface area contributed by atoms with E-state index in [1.54, 1.807) is 0 Å². The van der Waals surface area contributed by atoms with Crippen molar-refractivity contribution in [3.05, 3.63) is 157 Å². The molecule has 11 aromatic rings. The SMILES string of the molecule is N=C(c1ccccc1)c1ccccc1Nn1c2ccc3sc4cccc5c6cccc7c6c6c(c2c3c45)c1ccc6n7-c1ccccc1. The van der Waals surface area contributed by atoms with Crippen LogP contribution in [0.3, 0.4) is 0 Å². The van der Waals surface area contributed by atoms with Crippen LogP contribution in [0.2, 0.25) is 0 Å². The lowest BCUT2D eigenvalue weighted by atomic mass is 9.95. The van der Waals surface area contributed by atoms with Gasteiger partial charge in [-0.3, -0.25) is 15.5 Å². The predicted octanol–water partition coefficient (Wildman–Crippen LogP) is 11.6. The van der Waals surface area contributed by atoms with E-state index in [0.29, 0.717) is 5.71 Å². The summed E-state index contributed by atoms with van der Waals surface area (Å²) in [5.74, 6) is 0. The molecule has 5 heteroatoms. The van der Waals surface area contributed by atoms with E-state index in [1.165, 1.54) is 63.5 Å². The molecule has 11 rings (SSSR count). The summed E-state index contributed by atoms with van der Waals surface area (Å²) in [4.78, 5) is 0. The highest BCUT2D eigenvalue weighted by Crippen LogP contribution is 2.50. The average Bonchev–Trinajstić information content (AvgIpc) is 3.79. The van der Waals surface area contributed by atoms with Crippen molar-refractivity contribution in [2.75, 3.05) is 5.43 Å². The zero-order chi connectivity index (χ0) is 31.5. The molecule has 224 valence electrons. The number of anilines is 1. The number of nitrogens with one attached hydrogen (secondary N) is 2. The molecule has 0 saturated carbocycles. The molecule has 2 N–H and O–H groups in total. The molecule has 48 heavy (non-hydrogen) atoms. The third kappa shape index (κ3) is 3.30. The van der Waals surface area contributed by atoms with E-state index < -0.39 is 0 Å². The lowest BCUT2D eigenvalue weighted by Gasteiger charge is -2.16. The van der Waals surface area contributed by atoms with Crippen LogP contribution < -0.4 is 5.43 Å². The topological polar surface area (TPSA) is 45.7 Å². The molecule has 0 radical (unpaired) electrons. The second kappa shape index (κ2) is 9.44. The molecule has 0 aliphatic heterocycles. The first-order chi connectivity index (χ1) is 23.8. The fraction of sp³-hybridized carbons (Fsp3) is 0. The first kappa shape index (κ1) is 26.0. The zero-order valence-electron chi connectivity index (χ0n) is 25.7. The standard InChI is InChI=1S/C43H26N4S/c44-43(25-11-3-1-4-12-25)29-15-7-8-18-30(29)45-47-33-22-21-32-39-37-27(16-9-19-31(37)46(32)26-13-5-2-6-14-26)28-17-10-20-35-38(28)42-36(48-35)24-23-34(47)41(42)40(33)39/h1-24,44-45H. The second-order valence-corrected chi connectivity index (χ2v) is 13.7. The van der Waals surface area contributed by atoms with Crippen molar-refractivity contribution < 1.29 is 0 Å². The minimum atomic E-state index is 0.492. The predicted molar refractivity (Wildman–Crippen MR) is 204 cm³/mol. The molecule has 3 heterocycles. The molecular formula is C43H26N4S. The molecule has 0 aliphatic carbocycles. The van der Waals surface area contributed by atoms with E-state index in [2.05, 4.69) is 112 Å². The molecule has 0 amide bonds. The van der Waals surface area contributed by atoms with Gasteiger partial charge in [-0.1, -0.05) is 91.0 Å². The van der Waals surface area contributed by atoms with Gasteiger partial charge in [-0.05, 0) is 65.4 Å². The van der Waals surface area contributed by atoms with Crippen LogP contribution in [-0.4, -0.2) is 15.0 Å². The summed E-state index contributed by atoms with van der Waals surface area (Å²) in [5, 5.41) is 19.5. The maximum absolute atomic E-state index is 9.18. The summed E-state index contributed by atoms with van der Waals surface area (Å²) in [7, 11) is 0. The van der Waals surface area contributed by atoms with E-state index in [0.717, 1.165) is 33.5 Å². The van der Waals surface area contributed by atoms with Crippen LogP contribution in [0.25, 0.3) is 80.2 Å². The molecule has 8 aromatic carbocycles. The molecular weight excluding hydrogens is 605 g/mol.